The molecule has 3 rings (SSSR count). The number of ether oxygens (including phenoxy) is 1. The van der Waals surface area contributed by atoms with E-state index >= 15 is 0 Å². The van der Waals surface area contributed by atoms with Crippen LogP contribution in [0, 0.1) is 6.07 Å². The molecular formula is C15H11N4OPt-. The summed E-state index contributed by atoms with van der Waals surface area (Å²) in [4.78, 5) is 16.9. The molecule has 0 radical (unpaired) electrons. The molecule has 0 atom stereocenters. The molecule has 5 nitrogen and oxygen atoms in total. The van der Waals surface area contributed by atoms with Crippen molar-refractivity contribution in [3.63, 3.8) is 0 Å². The number of rotatable bonds is 3. The van der Waals surface area contributed by atoms with Crippen LogP contribution in [0.3, 0.4) is 0 Å². The Kier molecular flexibility index (Phi) is 5.12. The molecule has 0 aliphatic carbocycles. The van der Waals surface area contributed by atoms with E-state index in [0.717, 1.165) is 11.1 Å². The topological polar surface area (TPSA) is 60.8 Å². The monoisotopic (exact) mass is 458 g/mol. The van der Waals surface area contributed by atoms with E-state index in [-0.39, 0.29) is 21.1 Å². The molecule has 0 fully saturated rings. The third-order valence-electron chi connectivity index (χ3n) is 2.69. The third kappa shape index (κ3) is 3.50. The van der Waals surface area contributed by atoms with Crippen molar-refractivity contribution in [2.45, 2.75) is 0 Å². The van der Waals surface area contributed by atoms with Gasteiger partial charge in [-0.1, -0.05) is 23.3 Å². The van der Waals surface area contributed by atoms with Gasteiger partial charge in [0.15, 0.2) is 0 Å². The zero-order chi connectivity index (χ0) is 13.8. The number of benzene rings is 1. The maximum atomic E-state index is 5.31. The first-order chi connectivity index (χ1) is 9.86. The van der Waals surface area contributed by atoms with Gasteiger partial charge in [-0.25, -0.2) is 0 Å². The second kappa shape index (κ2) is 7.04. The summed E-state index contributed by atoms with van der Waals surface area (Å²) >= 11 is 0. The third-order valence-corrected chi connectivity index (χ3v) is 2.69. The van der Waals surface area contributed by atoms with Crippen molar-refractivity contribution in [1.29, 1.82) is 0 Å². The molecule has 3 aromatic rings. The second-order valence-corrected chi connectivity index (χ2v) is 3.99. The van der Waals surface area contributed by atoms with Crippen LogP contribution in [-0.4, -0.2) is 27.0 Å². The summed E-state index contributed by atoms with van der Waals surface area (Å²) in [6.07, 6.45) is 6.76. The van der Waals surface area contributed by atoms with Crippen LogP contribution in [0.1, 0.15) is 0 Å². The quantitative estimate of drug-likeness (QED) is 0.565. The van der Waals surface area contributed by atoms with Gasteiger partial charge in [0.05, 0.1) is 24.5 Å². The molecule has 0 saturated heterocycles. The van der Waals surface area contributed by atoms with Crippen molar-refractivity contribution in [1.82, 2.24) is 19.9 Å². The van der Waals surface area contributed by atoms with Crippen LogP contribution in [-0.2, 0) is 21.1 Å². The summed E-state index contributed by atoms with van der Waals surface area (Å²) in [7, 11) is 1.61. The molecule has 21 heavy (non-hydrogen) atoms. The van der Waals surface area contributed by atoms with Crippen LogP contribution in [0.25, 0.3) is 22.8 Å². The van der Waals surface area contributed by atoms with Crippen LogP contribution in [0.15, 0.2) is 49.1 Å². The molecule has 2 aromatic heterocycles. The Labute approximate surface area is 136 Å². The molecule has 108 valence electrons. The molecule has 0 spiro atoms. The van der Waals surface area contributed by atoms with Gasteiger partial charge in [0.1, 0.15) is 0 Å². The fraction of sp³-hybridized carbons (Fsp3) is 0.0667. The number of aromatic nitrogens is 4. The fourth-order valence-electron chi connectivity index (χ4n) is 1.78. The Morgan fingerprint density at radius 1 is 0.810 bits per heavy atom. The van der Waals surface area contributed by atoms with E-state index in [0.29, 0.717) is 17.4 Å². The zero-order valence-corrected chi connectivity index (χ0v) is 13.4. The number of hydrogen-bond acceptors (Lipinski definition) is 5. The minimum absolute atomic E-state index is 0. The molecule has 0 unspecified atom stereocenters. The summed E-state index contributed by atoms with van der Waals surface area (Å²) in [5.41, 5.74) is 1.49. The second-order valence-electron chi connectivity index (χ2n) is 3.99. The summed E-state index contributed by atoms with van der Waals surface area (Å²) < 4.78 is 5.31. The van der Waals surface area contributed by atoms with E-state index in [4.69, 9.17) is 4.74 Å². The maximum absolute atomic E-state index is 5.31. The van der Waals surface area contributed by atoms with Crippen LogP contribution >= 0.6 is 0 Å². The van der Waals surface area contributed by atoms with Crippen molar-refractivity contribution in [3.8, 4) is 28.5 Å². The van der Waals surface area contributed by atoms with E-state index in [1.165, 1.54) is 0 Å². The molecule has 0 amide bonds. The van der Waals surface area contributed by atoms with Crippen LogP contribution in [0.4, 0.5) is 0 Å². The van der Waals surface area contributed by atoms with Crippen LogP contribution in [0.2, 0.25) is 0 Å². The first kappa shape index (κ1) is 15.3. The van der Waals surface area contributed by atoms with E-state index in [2.05, 4.69) is 26.0 Å². The van der Waals surface area contributed by atoms with E-state index < -0.39 is 0 Å². The molecule has 0 bridgehead atoms. The average Bonchev–Trinajstić information content (AvgIpc) is 2.56. The van der Waals surface area contributed by atoms with Gasteiger partial charge < -0.3 is 4.74 Å². The number of methoxy groups -OCH3 is 1. The maximum Gasteiger partial charge on any atom is 0.0920 e. The normalized spacial score (nSPS) is 9.76. The first-order valence-electron chi connectivity index (χ1n) is 6.03. The van der Waals surface area contributed by atoms with Crippen molar-refractivity contribution >= 4 is 0 Å². The van der Waals surface area contributed by atoms with Gasteiger partial charge in [-0.15, -0.1) is 6.07 Å². The van der Waals surface area contributed by atoms with Gasteiger partial charge in [-0.3, -0.25) is 19.9 Å². The minimum atomic E-state index is 0. The zero-order valence-electron chi connectivity index (χ0n) is 11.1. The van der Waals surface area contributed by atoms with Gasteiger partial charge in [-0.2, -0.15) is 0 Å². The number of nitrogens with zero attached hydrogens (tertiary/aromatic N) is 4. The van der Waals surface area contributed by atoms with E-state index in [1.54, 1.807) is 44.0 Å². The Morgan fingerprint density at radius 3 is 1.62 bits per heavy atom. The smallest absolute Gasteiger partial charge is 0.0920 e. The summed E-state index contributed by atoms with van der Waals surface area (Å²) in [5, 5.41) is 0. The Morgan fingerprint density at radius 2 is 1.24 bits per heavy atom. The van der Waals surface area contributed by atoms with Crippen LogP contribution in [0.5, 0.6) is 5.75 Å². The van der Waals surface area contributed by atoms with Crippen molar-refractivity contribution in [3.05, 3.63) is 55.1 Å². The molecule has 1 aromatic carbocycles. The first-order valence-corrected chi connectivity index (χ1v) is 6.03. The molecule has 0 aliphatic rings. The fourth-order valence-corrected chi connectivity index (χ4v) is 1.78. The van der Waals surface area contributed by atoms with Crippen LogP contribution < -0.4 is 4.74 Å². The van der Waals surface area contributed by atoms with Gasteiger partial charge in [0.25, 0.3) is 0 Å². The largest absolute Gasteiger partial charge is 0.512 e. The molecule has 0 N–H and O–H groups in total. The Hall–Kier alpha value is -2.13. The SMILES string of the molecule is COc1cc(-c2ncccn2)[c-]c(-c2ncccn2)c1.[Pt]. The Bertz CT molecular complexity index is 650. The number of hydrogen-bond donors (Lipinski definition) is 0. The van der Waals surface area contributed by atoms with Gasteiger partial charge in [0.2, 0.25) is 0 Å². The van der Waals surface area contributed by atoms with Gasteiger partial charge in [-0.05, 0) is 12.1 Å². The van der Waals surface area contributed by atoms with Gasteiger partial charge in [0, 0.05) is 45.9 Å². The van der Waals surface area contributed by atoms with Crippen molar-refractivity contribution in [2.75, 3.05) is 7.11 Å². The predicted octanol–water partition coefficient (Wildman–Crippen LogP) is 2.41. The van der Waals surface area contributed by atoms with E-state index in [9.17, 15) is 0 Å². The predicted molar refractivity (Wildman–Crippen MR) is 73.9 cm³/mol. The molecular weight excluding hydrogens is 447 g/mol. The van der Waals surface area contributed by atoms with Crippen molar-refractivity contribution in [2.24, 2.45) is 0 Å². The minimum Gasteiger partial charge on any atom is -0.512 e. The molecule has 6 heteroatoms. The average molecular weight is 458 g/mol. The molecule has 0 saturated carbocycles. The van der Waals surface area contributed by atoms with Gasteiger partial charge >= 0.3 is 0 Å². The molecule has 2 heterocycles. The standard InChI is InChI=1S/C15H11N4O.Pt/c1-20-13-9-11(14-16-4-2-5-17-14)8-12(10-13)15-18-6-3-7-19-15;/h2-7,9-10H,1H3;/q-1;. The Balaban J connectivity index is 0.00000161. The summed E-state index contributed by atoms with van der Waals surface area (Å²) in [5.74, 6) is 1.86. The van der Waals surface area contributed by atoms with E-state index in [1.807, 2.05) is 12.1 Å². The molecule has 0 aliphatic heterocycles. The summed E-state index contributed by atoms with van der Waals surface area (Å²) in [6.45, 7) is 0. The summed E-state index contributed by atoms with van der Waals surface area (Å²) in [6, 6.07) is 10.4. The van der Waals surface area contributed by atoms with Crippen molar-refractivity contribution < 1.29 is 25.8 Å².